The molecule has 1 aromatic rings. The van der Waals surface area contributed by atoms with Crippen LogP contribution in [-0.2, 0) is 9.84 Å². The number of carbonyl (C=O) groups is 1. The number of carboxylic acids is 1. The number of hydrogen-bond acceptors (Lipinski definition) is 3. The molecule has 2 rings (SSSR count). The summed E-state index contributed by atoms with van der Waals surface area (Å²) in [4.78, 5) is 11.0. The molecule has 110 valence electrons. The molecule has 1 saturated carbocycles. The van der Waals surface area contributed by atoms with E-state index in [2.05, 4.69) is 6.92 Å². The first-order valence-electron chi connectivity index (χ1n) is 6.59. The minimum atomic E-state index is -3.43. The van der Waals surface area contributed by atoms with E-state index in [-0.39, 0.29) is 20.7 Å². The van der Waals surface area contributed by atoms with Crippen LogP contribution in [0.1, 0.15) is 43.0 Å². The highest BCUT2D eigenvalue weighted by Gasteiger charge is 2.31. The molecule has 0 aromatic heterocycles. The number of rotatable bonds is 3. The van der Waals surface area contributed by atoms with Crippen molar-refractivity contribution in [2.24, 2.45) is 5.92 Å². The maximum absolute atomic E-state index is 12.5. The average molecular weight is 317 g/mol. The van der Waals surface area contributed by atoms with Crippen molar-refractivity contribution >= 4 is 27.4 Å². The van der Waals surface area contributed by atoms with Gasteiger partial charge in [0.05, 0.1) is 20.7 Å². The number of halogens is 1. The van der Waals surface area contributed by atoms with Crippen LogP contribution in [0.3, 0.4) is 0 Å². The summed E-state index contributed by atoms with van der Waals surface area (Å²) in [5.74, 6) is -0.593. The van der Waals surface area contributed by atoms with Gasteiger partial charge < -0.3 is 5.11 Å². The fourth-order valence-electron chi connectivity index (χ4n) is 2.58. The van der Waals surface area contributed by atoms with Gasteiger partial charge in [0, 0.05) is 0 Å². The predicted octanol–water partition coefficient (Wildman–Crippen LogP) is 3.39. The lowest BCUT2D eigenvalue weighted by Gasteiger charge is -2.26. The molecule has 6 heteroatoms. The van der Waals surface area contributed by atoms with Gasteiger partial charge in [-0.15, -0.1) is 0 Å². The Morgan fingerprint density at radius 2 is 1.85 bits per heavy atom. The number of hydrogen-bond donors (Lipinski definition) is 1. The highest BCUT2D eigenvalue weighted by molar-refractivity contribution is 7.92. The normalized spacial score (nSPS) is 23.5. The van der Waals surface area contributed by atoms with Crippen LogP contribution in [0.5, 0.6) is 0 Å². The van der Waals surface area contributed by atoms with Gasteiger partial charge in [0.2, 0.25) is 0 Å². The van der Waals surface area contributed by atoms with Gasteiger partial charge in [0.15, 0.2) is 9.84 Å². The first-order chi connectivity index (χ1) is 9.32. The van der Waals surface area contributed by atoms with Crippen molar-refractivity contribution in [3.63, 3.8) is 0 Å². The molecule has 0 amide bonds. The summed E-state index contributed by atoms with van der Waals surface area (Å²) in [5, 5.41) is 8.48. The summed E-state index contributed by atoms with van der Waals surface area (Å²) in [5.41, 5.74) is -0.0807. The predicted molar refractivity (Wildman–Crippen MR) is 77.0 cm³/mol. The van der Waals surface area contributed by atoms with Gasteiger partial charge in [0.25, 0.3) is 0 Å². The first kappa shape index (κ1) is 15.3. The Hall–Kier alpha value is -1.07. The van der Waals surface area contributed by atoms with Crippen molar-refractivity contribution in [3.05, 3.63) is 28.8 Å². The molecule has 0 aliphatic heterocycles. The Morgan fingerprint density at radius 1 is 1.25 bits per heavy atom. The smallest absolute Gasteiger partial charge is 0.337 e. The molecule has 0 heterocycles. The van der Waals surface area contributed by atoms with Crippen molar-refractivity contribution in [2.45, 2.75) is 42.8 Å². The van der Waals surface area contributed by atoms with Gasteiger partial charge in [-0.2, -0.15) is 0 Å². The van der Waals surface area contributed by atoms with Crippen LogP contribution < -0.4 is 0 Å². The second-order valence-electron chi connectivity index (χ2n) is 5.37. The van der Waals surface area contributed by atoms with Crippen LogP contribution >= 0.6 is 11.6 Å². The molecular weight excluding hydrogens is 300 g/mol. The lowest BCUT2D eigenvalue weighted by atomic mass is 9.91. The van der Waals surface area contributed by atoms with E-state index in [0.29, 0.717) is 18.8 Å². The zero-order chi connectivity index (χ0) is 14.9. The monoisotopic (exact) mass is 316 g/mol. The second kappa shape index (κ2) is 5.74. The van der Waals surface area contributed by atoms with Crippen molar-refractivity contribution in [1.82, 2.24) is 0 Å². The molecule has 0 bridgehead atoms. The molecule has 0 saturated heterocycles. The molecule has 0 radical (unpaired) electrons. The summed E-state index contributed by atoms with van der Waals surface area (Å²) in [6, 6.07) is 3.84. The molecule has 20 heavy (non-hydrogen) atoms. The van der Waals surface area contributed by atoms with E-state index in [1.165, 1.54) is 18.2 Å². The molecule has 0 unspecified atom stereocenters. The van der Waals surface area contributed by atoms with E-state index in [1.54, 1.807) is 0 Å². The number of aromatic carboxylic acids is 1. The van der Waals surface area contributed by atoms with Gasteiger partial charge in [0.1, 0.15) is 0 Å². The Balaban J connectivity index is 2.30. The molecule has 4 nitrogen and oxygen atoms in total. The zero-order valence-corrected chi connectivity index (χ0v) is 12.7. The molecular formula is C14H17ClO4S. The van der Waals surface area contributed by atoms with E-state index < -0.39 is 15.8 Å². The van der Waals surface area contributed by atoms with E-state index in [4.69, 9.17) is 16.7 Å². The van der Waals surface area contributed by atoms with Crippen LogP contribution in [0, 0.1) is 5.92 Å². The van der Waals surface area contributed by atoms with Crippen molar-refractivity contribution in [3.8, 4) is 0 Å². The lowest BCUT2D eigenvalue weighted by molar-refractivity contribution is 0.0697. The highest BCUT2D eigenvalue weighted by atomic mass is 35.5. The molecule has 0 atom stereocenters. The lowest BCUT2D eigenvalue weighted by Crippen LogP contribution is -2.26. The van der Waals surface area contributed by atoms with Crippen LogP contribution in [0.4, 0.5) is 0 Å². The molecule has 1 aliphatic carbocycles. The van der Waals surface area contributed by atoms with Gasteiger partial charge >= 0.3 is 5.97 Å². The maximum atomic E-state index is 12.5. The third-order valence-corrected chi connectivity index (χ3v) is 6.47. The van der Waals surface area contributed by atoms with E-state index in [1.807, 2.05) is 0 Å². The Bertz CT molecular complexity index is 616. The second-order valence-corrected chi connectivity index (χ2v) is 8.01. The van der Waals surface area contributed by atoms with Crippen LogP contribution in [-0.4, -0.2) is 24.7 Å². The Kier molecular flexibility index (Phi) is 4.39. The van der Waals surface area contributed by atoms with Crippen LogP contribution in [0.25, 0.3) is 0 Å². The molecule has 1 aromatic carbocycles. The summed E-state index contributed by atoms with van der Waals surface area (Å²) >= 11 is 5.85. The standard InChI is InChI=1S/C14H17ClO4S/c1-9-2-4-10(5-3-9)20(18,19)11-6-7-12(14(16)17)13(15)8-11/h6-10H,2-5H2,1H3,(H,16,17). The average Bonchev–Trinajstić information content (AvgIpc) is 2.38. The maximum Gasteiger partial charge on any atom is 0.337 e. The van der Waals surface area contributed by atoms with Crippen LogP contribution in [0.15, 0.2) is 23.1 Å². The van der Waals surface area contributed by atoms with Crippen molar-refractivity contribution in [2.75, 3.05) is 0 Å². The van der Waals surface area contributed by atoms with Crippen molar-refractivity contribution < 1.29 is 18.3 Å². The molecule has 1 fully saturated rings. The topological polar surface area (TPSA) is 71.4 Å². The fourth-order valence-corrected chi connectivity index (χ4v) is 4.72. The van der Waals surface area contributed by atoms with Gasteiger partial charge in [-0.25, -0.2) is 13.2 Å². The minimum Gasteiger partial charge on any atom is -0.478 e. The summed E-state index contributed by atoms with van der Waals surface area (Å²) in [6.45, 7) is 2.13. The van der Waals surface area contributed by atoms with Gasteiger partial charge in [-0.05, 0) is 49.8 Å². The summed E-state index contributed by atoms with van der Waals surface area (Å²) in [6.07, 6.45) is 3.12. The van der Waals surface area contributed by atoms with Crippen LogP contribution in [0.2, 0.25) is 5.02 Å². The SMILES string of the molecule is CC1CCC(S(=O)(=O)c2ccc(C(=O)O)c(Cl)c2)CC1. The minimum absolute atomic E-state index is 0.0391. The summed E-state index contributed by atoms with van der Waals surface area (Å²) in [7, 11) is -3.43. The quantitative estimate of drug-likeness (QED) is 0.927. The Labute approximate surface area is 123 Å². The van der Waals surface area contributed by atoms with E-state index >= 15 is 0 Å². The van der Waals surface area contributed by atoms with Gasteiger partial charge in [-0.1, -0.05) is 18.5 Å². The van der Waals surface area contributed by atoms with Gasteiger partial charge in [-0.3, -0.25) is 0 Å². The largest absolute Gasteiger partial charge is 0.478 e. The molecule has 0 spiro atoms. The first-order valence-corrected chi connectivity index (χ1v) is 8.51. The highest BCUT2D eigenvalue weighted by Crippen LogP contribution is 2.32. The van der Waals surface area contributed by atoms with E-state index in [9.17, 15) is 13.2 Å². The third-order valence-electron chi connectivity index (χ3n) is 3.90. The molecule has 1 aliphatic rings. The zero-order valence-electron chi connectivity index (χ0n) is 11.2. The fraction of sp³-hybridized carbons (Fsp3) is 0.500. The Morgan fingerprint density at radius 3 is 2.35 bits per heavy atom. The number of benzene rings is 1. The summed E-state index contributed by atoms with van der Waals surface area (Å²) < 4.78 is 25.0. The molecule has 1 N–H and O–H groups in total. The number of carboxylic acid groups (broad SMARTS) is 1. The van der Waals surface area contributed by atoms with Crippen molar-refractivity contribution in [1.29, 1.82) is 0 Å². The number of sulfone groups is 1. The third kappa shape index (κ3) is 2.99. The van der Waals surface area contributed by atoms with E-state index in [0.717, 1.165) is 12.8 Å².